The van der Waals surface area contributed by atoms with Crippen molar-refractivity contribution in [2.45, 2.75) is 12.6 Å². The summed E-state index contributed by atoms with van der Waals surface area (Å²) in [5.41, 5.74) is 1.13. The highest BCUT2D eigenvalue weighted by Gasteiger charge is 2.25. The van der Waals surface area contributed by atoms with Crippen molar-refractivity contribution in [1.82, 2.24) is 4.90 Å². The van der Waals surface area contributed by atoms with E-state index in [1.165, 1.54) is 0 Å². The van der Waals surface area contributed by atoms with Crippen LogP contribution in [0.15, 0.2) is 30.3 Å². The Balaban J connectivity index is 2.00. The molecule has 1 aliphatic rings. The topological polar surface area (TPSA) is 29.5 Å². The number of alkyl halides is 1. The van der Waals surface area contributed by atoms with Crippen molar-refractivity contribution in [3.63, 3.8) is 0 Å². The molecule has 1 aromatic rings. The van der Waals surface area contributed by atoms with Crippen molar-refractivity contribution < 1.29 is 9.53 Å². The van der Waals surface area contributed by atoms with Crippen molar-refractivity contribution in [2.24, 2.45) is 0 Å². The third-order valence-electron chi connectivity index (χ3n) is 2.61. The lowest BCUT2D eigenvalue weighted by Gasteiger charge is -2.31. The fraction of sp³-hybridized carbons (Fsp3) is 0.417. The summed E-state index contributed by atoms with van der Waals surface area (Å²) >= 11 is 5.73. The summed E-state index contributed by atoms with van der Waals surface area (Å²) in [6, 6.07) is 9.93. The second kappa shape index (κ2) is 5.32. The lowest BCUT2D eigenvalue weighted by Crippen LogP contribution is -2.46. The molecule has 4 heteroatoms. The Bertz CT molecular complexity index is 355. The number of carbonyl (C=O) groups is 1. The lowest BCUT2D eigenvalue weighted by atomic mass is 10.2. The maximum absolute atomic E-state index is 11.6. The molecule has 3 nitrogen and oxygen atoms in total. The van der Waals surface area contributed by atoms with Crippen LogP contribution >= 0.6 is 11.6 Å². The van der Waals surface area contributed by atoms with Crippen LogP contribution in [0.25, 0.3) is 0 Å². The van der Waals surface area contributed by atoms with E-state index < -0.39 is 0 Å². The Hall–Kier alpha value is -1.06. The third kappa shape index (κ3) is 2.74. The Morgan fingerprint density at radius 3 is 2.81 bits per heavy atom. The van der Waals surface area contributed by atoms with Gasteiger partial charge in [0.2, 0.25) is 5.91 Å². The first-order valence-electron chi connectivity index (χ1n) is 5.29. The summed E-state index contributed by atoms with van der Waals surface area (Å²) in [5, 5.41) is 0. The molecule has 1 aromatic carbocycles. The zero-order valence-corrected chi connectivity index (χ0v) is 9.69. The van der Waals surface area contributed by atoms with Crippen LogP contribution in [-0.2, 0) is 16.1 Å². The van der Waals surface area contributed by atoms with Crippen LogP contribution in [0.2, 0.25) is 0 Å². The van der Waals surface area contributed by atoms with Crippen LogP contribution in [-0.4, -0.2) is 35.9 Å². The zero-order valence-electron chi connectivity index (χ0n) is 8.93. The molecular weight excluding hydrogens is 226 g/mol. The molecule has 0 spiro atoms. The van der Waals surface area contributed by atoms with Gasteiger partial charge in [-0.05, 0) is 5.56 Å². The fourth-order valence-electron chi connectivity index (χ4n) is 1.73. The molecule has 2 rings (SSSR count). The molecule has 16 heavy (non-hydrogen) atoms. The van der Waals surface area contributed by atoms with Crippen LogP contribution in [0.4, 0.5) is 0 Å². The largest absolute Gasteiger partial charge is 0.365 e. The van der Waals surface area contributed by atoms with Crippen molar-refractivity contribution >= 4 is 17.5 Å². The summed E-state index contributed by atoms with van der Waals surface area (Å²) in [6.07, 6.45) is -0.0388. The van der Waals surface area contributed by atoms with Gasteiger partial charge in [0.1, 0.15) is 6.61 Å². The Morgan fingerprint density at radius 1 is 1.38 bits per heavy atom. The number of ether oxygens (including phenoxy) is 1. The smallest absolute Gasteiger partial charge is 0.248 e. The first kappa shape index (κ1) is 11.4. The van der Waals surface area contributed by atoms with Crippen LogP contribution in [0.3, 0.4) is 0 Å². The molecule has 0 bridgehead atoms. The lowest BCUT2D eigenvalue weighted by molar-refractivity contribution is -0.148. The number of rotatable bonds is 3. The quantitative estimate of drug-likeness (QED) is 0.751. The fourth-order valence-corrected chi connectivity index (χ4v) is 1.92. The molecule has 1 atom stereocenters. The molecule has 1 fully saturated rings. The monoisotopic (exact) mass is 239 g/mol. The van der Waals surface area contributed by atoms with E-state index in [9.17, 15) is 4.79 Å². The number of halogens is 1. The van der Waals surface area contributed by atoms with Crippen molar-refractivity contribution in [3.8, 4) is 0 Å². The van der Waals surface area contributed by atoms with E-state index in [1.807, 2.05) is 30.3 Å². The standard InChI is InChI=1S/C12H14ClNO2/c13-6-11-8-14(12(15)9-16-11)7-10-4-2-1-3-5-10/h1-5,11H,6-9H2/t11-/m0/s1. The maximum Gasteiger partial charge on any atom is 0.248 e. The minimum absolute atomic E-state index is 0.0326. The molecule has 0 unspecified atom stereocenters. The highest BCUT2D eigenvalue weighted by Crippen LogP contribution is 2.12. The molecule has 0 aliphatic carbocycles. The number of nitrogens with zero attached hydrogens (tertiary/aromatic N) is 1. The summed E-state index contributed by atoms with van der Waals surface area (Å²) in [5.74, 6) is 0.462. The van der Waals surface area contributed by atoms with Crippen LogP contribution in [0, 0.1) is 0 Å². The molecule has 1 amide bonds. The molecule has 0 radical (unpaired) electrons. The van der Waals surface area contributed by atoms with E-state index in [0.717, 1.165) is 5.56 Å². The third-order valence-corrected chi connectivity index (χ3v) is 2.95. The van der Waals surface area contributed by atoms with Crippen molar-refractivity contribution in [3.05, 3.63) is 35.9 Å². The molecule has 0 saturated carbocycles. The second-order valence-electron chi connectivity index (χ2n) is 3.85. The summed E-state index contributed by atoms with van der Waals surface area (Å²) in [4.78, 5) is 13.4. The van der Waals surface area contributed by atoms with E-state index in [1.54, 1.807) is 4.90 Å². The first-order valence-corrected chi connectivity index (χ1v) is 5.82. The van der Waals surface area contributed by atoms with Gasteiger partial charge < -0.3 is 9.64 Å². The predicted octanol–water partition coefficient (Wildman–Crippen LogP) is 1.65. The van der Waals surface area contributed by atoms with Gasteiger partial charge in [-0.15, -0.1) is 11.6 Å². The van der Waals surface area contributed by atoms with Gasteiger partial charge in [0.05, 0.1) is 12.0 Å². The van der Waals surface area contributed by atoms with Crippen LogP contribution in [0.5, 0.6) is 0 Å². The van der Waals surface area contributed by atoms with E-state index in [4.69, 9.17) is 16.3 Å². The second-order valence-corrected chi connectivity index (χ2v) is 4.16. The average Bonchev–Trinajstić information content (AvgIpc) is 2.33. The number of carbonyl (C=O) groups excluding carboxylic acids is 1. The molecule has 1 heterocycles. The van der Waals surface area contributed by atoms with Crippen LogP contribution < -0.4 is 0 Å². The molecule has 0 N–H and O–H groups in total. The summed E-state index contributed by atoms with van der Waals surface area (Å²) < 4.78 is 5.28. The minimum atomic E-state index is -0.0388. The van der Waals surface area contributed by atoms with E-state index in [0.29, 0.717) is 19.0 Å². The molecule has 1 aliphatic heterocycles. The van der Waals surface area contributed by atoms with Gasteiger partial charge in [0.25, 0.3) is 0 Å². The maximum atomic E-state index is 11.6. The minimum Gasteiger partial charge on any atom is -0.365 e. The molecule has 1 saturated heterocycles. The van der Waals surface area contributed by atoms with Gasteiger partial charge in [-0.2, -0.15) is 0 Å². The molecular formula is C12H14ClNO2. The summed E-state index contributed by atoms with van der Waals surface area (Å²) in [7, 11) is 0. The number of amides is 1. The zero-order chi connectivity index (χ0) is 11.4. The van der Waals surface area contributed by atoms with Gasteiger partial charge in [0, 0.05) is 13.1 Å². The van der Waals surface area contributed by atoms with E-state index >= 15 is 0 Å². The van der Waals surface area contributed by atoms with Crippen molar-refractivity contribution in [1.29, 1.82) is 0 Å². The van der Waals surface area contributed by atoms with Gasteiger partial charge in [-0.3, -0.25) is 4.79 Å². The predicted molar refractivity (Wildman–Crippen MR) is 62.3 cm³/mol. The van der Waals surface area contributed by atoms with Gasteiger partial charge in [0.15, 0.2) is 0 Å². The Morgan fingerprint density at radius 2 is 2.12 bits per heavy atom. The SMILES string of the molecule is O=C1CO[C@@H](CCl)CN1Cc1ccccc1. The first-order chi connectivity index (χ1) is 7.79. The Kier molecular flexibility index (Phi) is 3.80. The number of benzene rings is 1. The normalized spacial score (nSPS) is 21.2. The summed E-state index contributed by atoms with van der Waals surface area (Å²) in [6.45, 7) is 1.36. The van der Waals surface area contributed by atoms with Gasteiger partial charge in [-0.1, -0.05) is 30.3 Å². The Labute approximate surface area is 100.0 Å². The highest BCUT2D eigenvalue weighted by molar-refractivity contribution is 6.18. The molecule has 86 valence electrons. The van der Waals surface area contributed by atoms with Crippen LogP contribution in [0.1, 0.15) is 5.56 Å². The number of hydrogen-bond donors (Lipinski definition) is 0. The van der Waals surface area contributed by atoms with Crippen molar-refractivity contribution in [2.75, 3.05) is 19.0 Å². The molecule has 0 aromatic heterocycles. The number of morpholine rings is 1. The van der Waals surface area contributed by atoms with Gasteiger partial charge in [-0.25, -0.2) is 0 Å². The van der Waals surface area contributed by atoms with E-state index in [-0.39, 0.29) is 18.6 Å². The average molecular weight is 240 g/mol. The highest BCUT2D eigenvalue weighted by atomic mass is 35.5. The number of hydrogen-bond acceptors (Lipinski definition) is 2. The van der Waals surface area contributed by atoms with Gasteiger partial charge >= 0.3 is 0 Å². The van der Waals surface area contributed by atoms with E-state index in [2.05, 4.69) is 0 Å².